The smallest absolute Gasteiger partial charge is 0.100 e. The number of aliphatic hydroxyl groups is 1. The van der Waals surface area contributed by atoms with E-state index in [0.29, 0.717) is 5.56 Å². The van der Waals surface area contributed by atoms with Crippen LogP contribution in [0.1, 0.15) is 26.3 Å². The van der Waals surface area contributed by atoms with Gasteiger partial charge in [-0.25, -0.2) is 0 Å². The Balaban J connectivity index is 2.92. The number of benzene rings is 1. The van der Waals surface area contributed by atoms with Gasteiger partial charge in [-0.2, -0.15) is 5.26 Å². The molecular formula is C12H15BrN2O. The van der Waals surface area contributed by atoms with E-state index in [1.807, 2.05) is 26.0 Å². The Morgan fingerprint density at radius 1 is 1.50 bits per heavy atom. The molecule has 0 aliphatic heterocycles. The van der Waals surface area contributed by atoms with Crippen molar-refractivity contribution in [3.63, 3.8) is 0 Å². The number of hydrogen-bond acceptors (Lipinski definition) is 3. The van der Waals surface area contributed by atoms with Crippen LogP contribution in [0.15, 0.2) is 22.7 Å². The molecule has 0 amide bonds. The maximum Gasteiger partial charge on any atom is 0.100 e. The molecule has 1 aromatic carbocycles. The van der Waals surface area contributed by atoms with Crippen LogP contribution < -0.4 is 5.32 Å². The van der Waals surface area contributed by atoms with Crippen molar-refractivity contribution < 1.29 is 5.11 Å². The van der Waals surface area contributed by atoms with Crippen LogP contribution in [0, 0.1) is 11.3 Å². The Kier molecular flexibility index (Phi) is 3.95. The summed E-state index contributed by atoms with van der Waals surface area (Å²) >= 11 is 3.33. The number of nitrogens with one attached hydrogen (secondary N) is 1. The summed E-state index contributed by atoms with van der Waals surface area (Å²) in [6.45, 7) is 5.58. The van der Waals surface area contributed by atoms with Crippen LogP contribution in [-0.4, -0.2) is 16.7 Å². The summed E-state index contributed by atoms with van der Waals surface area (Å²) in [5.41, 5.74) is 1.06. The van der Waals surface area contributed by atoms with Crippen LogP contribution in [-0.2, 0) is 0 Å². The third-order valence-electron chi connectivity index (χ3n) is 2.60. The van der Waals surface area contributed by atoms with Crippen LogP contribution in [0.2, 0.25) is 0 Å². The molecule has 0 aliphatic rings. The molecule has 0 aliphatic carbocycles. The number of hydrogen-bond donors (Lipinski definition) is 2. The Hall–Kier alpha value is -1.05. The van der Waals surface area contributed by atoms with E-state index in [1.165, 1.54) is 0 Å². The molecule has 16 heavy (non-hydrogen) atoms. The maximum absolute atomic E-state index is 9.58. The predicted molar refractivity (Wildman–Crippen MR) is 68.2 cm³/mol. The highest BCUT2D eigenvalue weighted by Crippen LogP contribution is 2.24. The number of rotatable bonds is 3. The number of aliphatic hydroxyl groups excluding tert-OH is 1. The monoisotopic (exact) mass is 282 g/mol. The summed E-state index contributed by atoms with van der Waals surface area (Å²) in [5.74, 6) is 0. The molecule has 1 rings (SSSR count). The maximum atomic E-state index is 9.58. The molecule has 4 heteroatoms. The average molecular weight is 283 g/mol. The minimum absolute atomic E-state index is 0.409. The fourth-order valence-electron chi connectivity index (χ4n) is 1.16. The van der Waals surface area contributed by atoms with Gasteiger partial charge in [0.05, 0.1) is 17.2 Å². The average Bonchev–Trinajstić information content (AvgIpc) is 2.17. The van der Waals surface area contributed by atoms with Crippen molar-refractivity contribution in [2.24, 2.45) is 0 Å². The predicted octanol–water partition coefficient (Wildman–Crippen LogP) is 2.89. The van der Waals surface area contributed by atoms with E-state index < -0.39 is 11.6 Å². The zero-order chi connectivity index (χ0) is 12.3. The lowest BCUT2D eigenvalue weighted by Crippen LogP contribution is -2.41. The van der Waals surface area contributed by atoms with E-state index in [4.69, 9.17) is 5.26 Å². The number of anilines is 1. The van der Waals surface area contributed by atoms with Gasteiger partial charge in [0.25, 0.3) is 0 Å². The summed E-state index contributed by atoms with van der Waals surface area (Å²) in [6, 6.07) is 7.49. The zero-order valence-electron chi connectivity index (χ0n) is 9.58. The van der Waals surface area contributed by atoms with Gasteiger partial charge in [0.2, 0.25) is 0 Å². The van der Waals surface area contributed by atoms with E-state index >= 15 is 0 Å². The third-order valence-corrected chi connectivity index (χ3v) is 3.26. The molecule has 0 heterocycles. The summed E-state index contributed by atoms with van der Waals surface area (Å²) in [5, 5.41) is 21.6. The van der Waals surface area contributed by atoms with E-state index in [9.17, 15) is 5.11 Å². The molecule has 0 saturated heterocycles. The molecule has 1 aromatic rings. The van der Waals surface area contributed by atoms with Gasteiger partial charge in [0.1, 0.15) is 6.07 Å². The highest BCUT2D eigenvalue weighted by atomic mass is 79.9. The molecule has 1 unspecified atom stereocenters. The van der Waals surface area contributed by atoms with Crippen molar-refractivity contribution >= 4 is 21.6 Å². The van der Waals surface area contributed by atoms with Crippen molar-refractivity contribution in [3.05, 3.63) is 28.2 Å². The van der Waals surface area contributed by atoms with Gasteiger partial charge in [-0.15, -0.1) is 0 Å². The zero-order valence-corrected chi connectivity index (χ0v) is 11.2. The Labute approximate surface area is 104 Å². The fourth-order valence-corrected chi connectivity index (χ4v) is 1.63. The van der Waals surface area contributed by atoms with Crippen LogP contribution in [0.4, 0.5) is 5.69 Å². The van der Waals surface area contributed by atoms with Crippen molar-refractivity contribution in [2.75, 3.05) is 5.32 Å². The van der Waals surface area contributed by atoms with Crippen LogP contribution in [0.5, 0.6) is 0 Å². The molecule has 2 N–H and O–H groups in total. The van der Waals surface area contributed by atoms with Crippen LogP contribution in [0.3, 0.4) is 0 Å². The summed E-state index contributed by atoms with van der Waals surface area (Å²) in [6.07, 6.45) is -0.470. The summed E-state index contributed by atoms with van der Waals surface area (Å²) in [7, 11) is 0. The van der Waals surface area contributed by atoms with Crippen molar-refractivity contribution in [2.45, 2.75) is 32.4 Å². The van der Waals surface area contributed by atoms with Gasteiger partial charge in [0, 0.05) is 10.2 Å². The largest absolute Gasteiger partial charge is 0.391 e. The highest BCUT2D eigenvalue weighted by molar-refractivity contribution is 9.10. The van der Waals surface area contributed by atoms with Gasteiger partial charge < -0.3 is 10.4 Å². The Morgan fingerprint density at radius 2 is 2.12 bits per heavy atom. The number of nitrogens with zero attached hydrogens (tertiary/aromatic N) is 1. The van der Waals surface area contributed by atoms with Gasteiger partial charge >= 0.3 is 0 Å². The molecule has 1 atom stereocenters. The lowest BCUT2D eigenvalue weighted by Gasteiger charge is -2.30. The van der Waals surface area contributed by atoms with E-state index in [1.54, 1.807) is 13.0 Å². The van der Waals surface area contributed by atoms with Crippen molar-refractivity contribution in [1.82, 2.24) is 0 Å². The molecule has 0 fully saturated rings. The van der Waals surface area contributed by atoms with E-state index in [2.05, 4.69) is 27.3 Å². The first-order chi connectivity index (χ1) is 7.36. The molecule has 0 saturated carbocycles. The molecular weight excluding hydrogens is 268 g/mol. The second-order valence-corrected chi connectivity index (χ2v) is 5.18. The van der Waals surface area contributed by atoms with Gasteiger partial charge in [-0.3, -0.25) is 0 Å². The Bertz CT molecular complexity index is 422. The first-order valence-electron chi connectivity index (χ1n) is 5.02. The number of nitriles is 1. The number of halogens is 1. The standard InChI is InChI=1S/C12H15BrN2O/c1-8(16)12(2,3)15-10-5-4-9(7-14)11(13)6-10/h4-6,8,15-16H,1-3H3. The lowest BCUT2D eigenvalue weighted by atomic mass is 9.98. The lowest BCUT2D eigenvalue weighted by molar-refractivity contribution is 0.133. The van der Waals surface area contributed by atoms with E-state index in [0.717, 1.165) is 10.2 Å². The fraction of sp³-hybridized carbons (Fsp3) is 0.417. The molecule has 0 radical (unpaired) electrons. The molecule has 0 spiro atoms. The van der Waals surface area contributed by atoms with Crippen molar-refractivity contribution in [3.8, 4) is 6.07 Å². The second-order valence-electron chi connectivity index (χ2n) is 4.33. The summed E-state index contributed by atoms with van der Waals surface area (Å²) < 4.78 is 0.751. The molecule has 3 nitrogen and oxygen atoms in total. The second kappa shape index (κ2) is 4.86. The molecule has 0 aromatic heterocycles. The van der Waals surface area contributed by atoms with Gasteiger partial charge in [0.15, 0.2) is 0 Å². The topological polar surface area (TPSA) is 56.0 Å². The van der Waals surface area contributed by atoms with E-state index in [-0.39, 0.29) is 0 Å². The quantitative estimate of drug-likeness (QED) is 0.896. The SMILES string of the molecule is CC(O)C(C)(C)Nc1ccc(C#N)c(Br)c1. The normalized spacial score (nSPS) is 13.0. The molecule has 0 bridgehead atoms. The van der Waals surface area contributed by atoms with Crippen LogP contribution in [0.25, 0.3) is 0 Å². The van der Waals surface area contributed by atoms with Gasteiger partial charge in [-0.1, -0.05) is 0 Å². The van der Waals surface area contributed by atoms with Gasteiger partial charge in [-0.05, 0) is 54.9 Å². The summed E-state index contributed by atoms with van der Waals surface area (Å²) in [4.78, 5) is 0. The highest BCUT2D eigenvalue weighted by Gasteiger charge is 2.23. The first kappa shape index (κ1) is 13.0. The first-order valence-corrected chi connectivity index (χ1v) is 5.82. The molecule has 86 valence electrons. The third kappa shape index (κ3) is 2.97. The minimum Gasteiger partial charge on any atom is -0.391 e. The van der Waals surface area contributed by atoms with Crippen molar-refractivity contribution in [1.29, 1.82) is 5.26 Å². The minimum atomic E-state index is -0.470. The van der Waals surface area contributed by atoms with Crippen LogP contribution >= 0.6 is 15.9 Å². The Morgan fingerprint density at radius 3 is 2.56 bits per heavy atom.